The highest BCUT2D eigenvalue weighted by Gasteiger charge is 2.52. The molecule has 2 aromatic carbocycles. The number of nitrogens with one attached hydrogen (secondary N) is 2. The number of hydrogen-bond donors (Lipinski definition) is 2. The largest absolute Gasteiger partial charge is 0.435 e. The van der Waals surface area contributed by atoms with E-state index in [2.05, 4.69) is 0 Å². The summed E-state index contributed by atoms with van der Waals surface area (Å²) in [5.74, 6) is -1.83. The molecule has 1 amide bonds. The number of aryl methyl sites for hydroxylation is 2. The zero-order valence-electron chi connectivity index (χ0n) is 15.8. The van der Waals surface area contributed by atoms with Crippen molar-refractivity contribution in [1.29, 1.82) is 0 Å². The predicted octanol–water partition coefficient (Wildman–Crippen LogP) is 2.72. The summed E-state index contributed by atoms with van der Waals surface area (Å²) in [5.41, 5.74) is 3.76. The van der Waals surface area contributed by atoms with Crippen molar-refractivity contribution in [3.8, 4) is 0 Å². The number of benzene rings is 2. The van der Waals surface area contributed by atoms with E-state index in [0.717, 1.165) is 22.3 Å². The summed E-state index contributed by atoms with van der Waals surface area (Å²) in [6.45, 7) is 3.52. The summed E-state index contributed by atoms with van der Waals surface area (Å²) in [6, 6.07) is 14.7. The maximum absolute atomic E-state index is 14.1. The van der Waals surface area contributed by atoms with Crippen molar-refractivity contribution >= 4 is 15.9 Å². The molecule has 0 fully saturated rings. The Bertz CT molecular complexity index is 896. The Balaban J connectivity index is 1.86. The van der Waals surface area contributed by atoms with Gasteiger partial charge in [-0.2, -0.15) is 8.78 Å². The van der Waals surface area contributed by atoms with Gasteiger partial charge in [-0.05, 0) is 37.8 Å². The molecular formula is C20H24F2N2O3S. The van der Waals surface area contributed by atoms with Gasteiger partial charge >= 0.3 is 11.2 Å². The van der Waals surface area contributed by atoms with E-state index in [1.54, 1.807) is 12.1 Å². The van der Waals surface area contributed by atoms with Crippen molar-refractivity contribution in [3.63, 3.8) is 0 Å². The summed E-state index contributed by atoms with van der Waals surface area (Å²) in [5, 5.41) is -2.55. The Morgan fingerprint density at radius 1 is 0.857 bits per heavy atom. The summed E-state index contributed by atoms with van der Waals surface area (Å²) >= 11 is 0. The van der Waals surface area contributed by atoms with Crippen LogP contribution in [0.1, 0.15) is 22.3 Å². The van der Waals surface area contributed by atoms with Crippen LogP contribution in [0.15, 0.2) is 48.5 Å². The van der Waals surface area contributed by atoms with Gasteiger partial charge < -0.3 is 5.32 Å². The minimum absolute atomic E-state index is 0.0869. The molecule has 0 heterocycles. The zero-order chi connectivity index (χ0) is 20.8. The van der Waals surface area contributed by atoms with Gasteiger partial charge in [0.25, 0.3) is 10.0 Å². The van der Waals surface area contributed by atoms with Crippen LogP contribution in [0.25, 0.3) is 0 Å². The van der Waals surface area contributed by atoms with E-state index in [1.807, 2.05) is 60.3 Å². The van der Waals surface area contributed by atoms with Crippen molar-refractivity contribution in [3.05, 3.63) is 70.8 Å². The highest BCUT2D eigenvalue weighted by Crippen LogP contribution is 2.21. The number of amides is 1. The Morgan fingerprint density at radius 3 is 1.75 bits per heavy atom. The first kappa shape index (κ1) is 22.0. The van der Waals surface area contributed by atoms with E-state index in [0.29, 0.717) is 6.42 Å². The Morgan fingerprint density at radius 2 is 1.29 bits per heavy atom. The maximum Gasteiger partial charge on any atom is 0.435 e. The molecular weight excluding hydrogens is 386 g/mol. The van der Waals surface area contributed by atoms with E-state index in [-0.39, 0.29) is 19.5 Å². The third-order valence-electron chi connectivity index (χ3n) is 4.25. The van der Waals surface area contributed by atoms with Crippen LogP contribution in [0.3, 0.4) is 0 Å². The molecule has 2 aromatic rings. The van der Waals surface area contributed by atoms with Crippen LogP contribution in [-0.4, -0.2) is 32.7 Å². The normalized spacial score (nSPS) is 12.0. The van der Waals surface area contributed by atoms with E-state index >= 15 is 0 Å². The number of rotatable bonds is 9. The Kier molecular flexibility index (Phi) is 7.26. The quantitative estimate of drug-likeness (QED) is 0.668. The molecule has 28 heavy (non-hydrogen) atoms. The summed E-state index contributed by atoms with van der Waals surface area (Å²) in [6.07, 6.45) is 0.563. The van der Waals surface area contributed by atoms with Crippen LogP contribution in [0.4, 0.5) is 8.78 Å². The molecule has 0 spiro atoms. The molecule has 0 saturated heterocycles. The van der Waals surface area contributed by atoms with Gasteiger partial charge in [0.15, 0.2) is 0 Å². The second-order valence-electron chi connectivity index (χ2n) is 6.64. The minimum Gasteiger partial charge on any atom is -0.350 e. The van der Waals surface area contributed by atoms with Gasteiger partial charge in [0.05, 0.1) is 0 Å². The highest BCUT2D eigenvalue weighted by atomic mass is 32.2. The van der Waals surface area contributed by atoms with Crippen LogP contribution in [-0.2, 0) is 27.7 Å². The van der Waals surface area contributed by atoms with Gasteiger partial charge in [-0.3, -0.25) is 4.79 Å². The van der Waals surface area contributed by atoms with Gasteiger partial charge in [0.1, 0.15) is 0 Å². The number of carbonyl (C=O) groups is 1. The van der Waals surface area contributed by atoms with Crippen LogP contribution < -0.4 is 10.0 Å². The second-order valence-corrected chi connectivity index (χ2v) is 8.45. The van der Waals surface area contributed by atoms with Crippen molar-refractivity contribution < 1.29 is 22.0 Å². The average molecular weight is 410 g/mol. The Labute approximate surface area is 164 Å². The molecule has 2 N–H and O–H groups in total. The molecule has 0 bridgehead atoms. The van der Waals surface area contributed by atoms with E-state index in [9.17, 15) is 22.0 Å². The van der Waals surface area contributed by atoms with Crippen LogP contribution >= 0.6 is 0 Å². The molecule has 2 rings (SSSR count). The van der Waals surface area contributed by atoms with E-state index in [4.69, 9.17) is 0 Å². The highest BCUT2D eigenvalue weighted by molar-refractivity contribution is 7.91. The summed E-state index contributed by atoms with van der Waals surface area (Å²) < 4.78 is 53.8. The average Bonchev–Trinajstić information content (AvgIpc) is 2.64. The van der Waals surface area contributed by atoms with Crippen LogP contribution in [0, 0.1) is 13.8 Å². The zero-order valence-corrected chi connectivity index (χ0v) is 16.7. The van der Waals surface area contributed by atoms with Crippen LogP contribution in [0.2, 0.25) is 0 Å². The monoisotopic (exact) mass is 410 g/mol. The van der Waals surface area contributed by atoms with E-state index < -0.39 is 21.2 Å². The standard InChI is InChI=1S/C20H24F2N2O3S/c1-15-3-7-17(8-4-15)11-13-23-19(25)20(21,22)28(26,27)24-14-12-18-9-5-16(2)6-10-18/h3-10,24H,11-14H2,1-2H3,(H,23,25). The first-order chi connectivity index (χ1) is 13.1. The lowest BCUT2D eigenvalue weighted by Gasteiger charge is -2.17. The lowest BCUT2D eigenvalue weighted by Crippen LogP contribution is -2.51. The SMILES string of the molecule is Cc1ccc(CCNC(=O)C(F)(F)S(=O)(=O)NCCc2ccc(C)cc2)cc1. The third kappa shape index (κ3) is 5.84. The lowest BCUT2D eigenvalue weighted by molar-refractivity contribution is -0.135. The third-order valence-corrected chi connectivity index (χ3v) is 5.69. The Hall–Kier alpha value is -2.32. The summed E-state index contributed by atoms with van der Waals surface area (Å²) in [4.78, 5) is 11.7. The molecule has 0 saturated carbocycles. The predicted molar refractivity (Wildman–Crippen MR) is 105 cm³/mol. The second kappa shape index (κ2) is 9.25. The topological polar surface area (TPSA) is 75.3 Å². The molecule has 8 heteroatoms. The number of halogens is 2. The van der Waals surface area contributed by atoms with Gasteiger partial charge in [-0.1, -0.05) is 59.7 Å². The lowest BCUT2D eigenvalue weighted by atomic mass is 10.1. The van der Waals surface area contributed by atoms with Crippen molar-refractivity contribution in [1.82, 2.24) is 10.0 Å². The molecule has 0 unspecified atom stereocenters. The molecule has 0 aromatic heterocycles. The first-order valence-corrected chi connectivity index (χ1v) is 10.4. The smallest absolute Gasteiger partial charge is 0.350 e. The fraction of sp³-hybridized carbons (Fsp3) is 0.350. The molecule has 0 atom stereocenters. The van der Waals surface area contributed by atoms with Crippen molar-refractivity contribution in [2.75, 3.05) is 13.1 Å². The molecule has 5 nitrogen and oxygen atoms in total. The summed E-state index contributed by atoms with van der Waals surface area (Å²) in [7, 11) is -5.13. The fourth-order valence-corrected chi connectivity index (χ4v) is 3.34. The first-order valence-electron chi connectivity index (χ1n) is 8.88. The molecule has 0 aliphatic heterocycles. The van der Waals surface area contributed by atoms with Gasteiger partial charge in [-0.25, -0.2) is 13.1 Å². The van der Waals surface area contributed by atoms with Crippen molar-refractivity contribution in [2.24, 2.45) is 0 Å². The fourth-order valence-electron chi connectivity index (χ4n) is 2.48. The number of sulfonamides is 1. The number of hydrogen-bond acceptors (Lipinski definition) is 3. The van der Waals surface area contributed by atoms with Gasteiger partial charge in [0, 0.05) is 13.1 Å². The van der Waals surface area contributed by atoms with Gasteiger partial charge in [0.2, 0.25) is 0 Å². The molecule has 0 radical (unpaired) electrons. The number of alkyl halides is 2. The van der Waals surface area contributed by atoms with Gasteiger partial charge in [-0.15, -0.1) is 0 Å². The maximum atomic E-state index is 14.1. The molecule has 152 valence electrons. The molecule has 0 aliphatic carbocycles. The van der Waals surface area contributed by atoms with Crippen LogP contribution in [0.5, 0.6) is 0 Å². The number of carbonyl (C=O) groups excluding carboxylic acids is 1. The van der Waals surface area contributed by atoms with Crippen molar-refractivity contribution in [2.45, 2.75) is 31.9 Å². The minimum atomic E-state index is -5.13. The van der Waals surface area contributed by atoms with E-state index in [1.165, 1.54) is 0 Å². The molecule has 0 aliphatic rings.